The zero-order valence-corrected chi connectivity index (χ0v) is 8.42. The fourth-order valence-corrected chi connectivity index (χ4v) is 1.47. The van der Waals surface area contributed by atoms with Crippen LogP contribution in [0.2, 0.25) is 0 Å². The molecule has 0 N–H and O–H groups in total. The summed E-state index contributed by atoms with van der Waals surface area (Å²) in [4.78, 5) is 0. The second-order valence-electron chi connectivity index (χ2n) is 3.97. The van der Waals surface area contributed by atoms with Gasteiger partial charge in [0.1, 0.15) is 0 Å². The fraction of sp³-hybridized carbons (Fsp3) is 0.500. The van der Waals surface area contributed by atoms with Gasteiger partial charge in [-0.2, -0.15) is 0 Å². The summed E-state index contributed by atoms with van der Waals surface area (Å²) in [6, 6.07) is 5.27. The lowest BCUT2D eigenvalue weighted by Crippen LogP contribution is -2.00. The molecule has 2 rings (SSSR count). The van der Waals surface area contributed by atoms with E-state index in [0.717, 1.165) is 12.3 Å². The predicted octanol–water partition coefficient (Wildman–Crippen LogP) is 3.31. The lowest BCUT2D eigenvalue weighted by Gasteiger charge is -2.07. The SMILES string of the molecule is Cc1cccc(OCCC2CC2)c1F. The topological polar surface area (TPSA) is 9.23 Å². The highest BCUT2D eigenvalue weighted by atomic mass is 19.1. The molecule has 14 heavy (non-hydrogen) atoms. The zero-order valence-electron chi connectivity index (χ0n) is 8.42. The Morgan fingerprint density at radius 2 is 2.21 bits per heavy atom. The lowest BCUT2D eigenvalue weighted by molar-refractivity contribution is 0.287. The van der Waals surface area contributed by atoms with Crippen LogP contribution in [0.25, 0.3) is 0 Å². The van der Waals surface area contributed by atoms with Gasteiger partial charge in [0.05, 0.1) is 6.61 Å². The van der Waals surface area contributed by atoms with Gasteiger partial charge in [-0.25, -0.2) is 4.39 Å². The van der Waals surface area contributed by atoms with Gasteiger partial charge in [0, 0.05) is 0 Å². The van der Waals surface area contributed by atoms with Crippen LogP contribution in [-0.2, 0) is 0 Å². The van der Waals surface area contributed by atoms with E-state index < -0.39 is 0 Å². The van der Waals surface area contributed by atoms with Crippen molar-refractivity contribution in [1.82, 2.24) is 0 Å². The van der Waals surface area contributed by atoms with Crippen LogP contribution in [0.4, 0.5) is 4.39 Å². The van der Waals surface area contributed by atoms with E-state index in [2.05, 4.69) is 0 Å². The minimum atomic E-state index is -0.219. The average Bonchev–Trinajstić information content (AvgIpc) is 2.96. The minimum Gasteiger partial charge on any atom is -0.490 e. The Hall–Kier alpha value is -1.05. The second-order valence-corrected chi connectivity index (χ2v) is 3.97. The maximum Gasteiger partial charge on any atom is 0.167 e. The molecule has 0 heterocycles. The van der Waals surface area contributed by atoms with Crippen molar-refractivity contribution in [2.24, 2.45) is 5.92 Å². The van der Waals surface area contributed by atoms with Crippen LogP contribution < -0.4 is 4.74 Å². The molecular formula is C12H15FO. The van der Waals surface area contributed by atoms with Crippen LogP contribution in [-0.4, -0.2) is 6.61 Å². The molecule has 1 nitrogen and oxygen atoms in total. The van der Waals surface area contributed by atoms with Gasteiger partial charge in [0.25, 0.3) is 0 Å². The summed E-state index contributed by atoms with van der Waals surface area (Å²) in [6.45, 7) is 2.40. The van der Waals surface area contributed by atoms with Crippen molar-refractivity contribution in [3.8, 4) is 5.75 Å². The Labute approximate surface area is 83.9 Å². The number of aryl methyl sites for hydroxylation is 1. The van der Waals surface area contributed by atoms with Crippen molar-refractivity contribution < 1.29 is 9.13 Å². The molecule has 0 spiro atoms. The van der Waals surface area contributed by atoms with Gasteiger partial charge in [-0.15, -0.1) is 0 Å². The van der Waals surface area contributed by atoms with Crippen LogP contribution in [0.5, 0.6) is 5.75 Å². The summed E-state index contributed by atoms with van der Waals surface area (Å²) in [7, 11) is 0. The summed E-state index contributed by atoms with van der Waals surface area (Å²) in [6.07, 6.45) is 3.70. The van der Waals surface area contributed by atoms with Crippen LogP contribution in [0.1, 0.15) is 24.8 Å². The number of halogens is 1. The molecule has 1 aliphatic rings. The first-order valence-corrected chi connectivity index (χ1v) is 5.15. The summed E-state index contributed by atoms with van der Waals surface area (Å²) < 4.78 is 18.8. The Morgan fingerprint density at radius 1 is 1.43 bits per heavy atom. The van der Waals surface area contributed by atoms with Gasteiger partial charge < -0.3 is 4.74 Å². The highest BCUT2D eigenvalue weighted by Gasteiger charge is 2.20. The molecule has 1 saturated carbocycles. The highest BCUT2D eigenvalue weighted by Crippen LogP contribution is 2.32. The molecule has 1 aromatic carbocycles. The summed E-state index contributed by atoms with van der Waals surface area (Å²) in [5.74, 6) is 1.01. The quantitative estimate of drug-likeness (QED) is 0.714. The first kappa shape index (κ1) is 9.50. The largest absolute Gasteiger partial charge is 0.490 e. The van der Waals surface area contributed by atoms with Gasteiger partial charge in [-0.05, 0) is 30.9 Å². The molecule has 0 radical (unpaired) electrons. The number of rotatable bonds is 4. The third kappa shape index (κ3) is 2.25. The molecular weight excluding hydrogens is 179 g/mol. The lowest BCUT2D eigenvalue weighted by atomic mass is 10.2. The molecule has 0 amide bonds. The first-order chi connectivity index (χ1) is 6.77. The molecule has 76 valence electrons. The predicted molar refractivity (Wildman–Crippen MR) is 54.0 cm³/mol. The van der Waals surface area contributed by atoms with E-state index in [1.807, 2.05) is 6.07 Å². The Bertz CT molecular complexity index is 318. The van der Waals surface area contributed by atoms with Gasteiger partial charge in [-0.3, -0.25) is 0 Å². The Kier molecular flexibility index (Phi) is 2.71. The van der Waals surface area contributed by atoms with Crippen molar-refractivity contribution in [3.63, 3.8) is 0 Å². The van der Waals surface area contributed by atoms with E-state index in [-0.39, 0.29) is 5.82 Å². The maximum absolute atomic E-state index is 13.4. The monoisotopic (exact) mass is 194 g/mol. The molecule has 0 bridgehead atoms. The van der Waals surface area contributed by atoms with Crippen molar-refractivity contribution in [1.29, 1.82) is 0 Å². The van der Waals surface area contributed by atoms with Crippen molar-refractivity contribution in [2.75, 3.05) is 6.61 Å². The molecule has 0 aromatic heterocycles. The van der Waals surface area contributed by atoms with Crippen molar-refractivity contribution in [2.45, 2.75) is 26.2 Å². The van der Waals surface area contributed by atoms with Crippen molar-refractivity contribution >= 4 is 0 Å². The van der Waals surface area contributed by atoms with Crippen molar-refractivity contribution in [3.05, 3.63) is 29.6 Å². The first-order valence-electron chi connectivity index (χ1n) is 5.15. The Balaban J connectivity index is 1.90. The van der Waals surface area contributed by atoms with Crippen LogP contribution in [0.15, 0.2) is 18.2 Å². The Morgan fingerprint density at radius 3 is 2.93 bits per heavy atom. The number of hydrogen-bond donors (Lipinski definition) is 0. The molecule has 0 saturated heterocycles. The van der Waals surface area contributed by atoms with Gasteiger partial charge in [0.2, 0.25) is 0 Å². The molecule has 0 aliphatic heterocycles. The third-order valence-corrected chi connectivity index (χ3v) is 2.64. The summed E-state index contributed by atoms with van der Waals surface area (Å²) in [5, 5.41) is 0. The molecule has 1 aliphatic carbocycles. The van der Waals surface area contributed by atoms with Gasteiger partial charge >= 0.3 is 0 Å². The van der Waals surface area contributed by atoms with Gasteiger partial charge in [0.15, 0.2) is 11.6 Å². The van der Waals surface area contributed by atoms with E-state index in [0.29, 0.717) is 17.9 Å². The van der Waals surface area contributed by atoms with Crippen LogP contribution in [0.3, 0.4) is 0 Å². The van der Waals surface area contributed by atoms with E-state index in [9.17, 15) is 4.39 Å². The molecule has 1 fully saturated rings. The normalized spacial score (nSPS) is 15.6. The van der Waals surface area contributed by atoms with E-state index in [1.54, 1.807) is 19.1 Å². The minimum absolute atomic E-state index is 0.219. The number of hydrogen-bond acceptors (Lipinski definition) is 1. The van der Waals surface area contributed by atoms with E-state index in [4.69, 9.17) is 4.74 Å². The van der Waals surface area contributed by atoms with Crippen LogP contribution in [0, 0.1) is 18.7 Å². The van der Waals surface area contributed by atoms with E-state index in [1.165, 1.54) is 12.8 Å². The number of benzene rings is 1. The smallest absolute Gasteiger partial charge is 0.167 e. The summed E-state index contributed by atoms with van der Waals surface area (Å²) >= 11 is 0. The molecule has 0 unspecified atom stereocenters. The molecule has 1 aromatic rings. The van der Waals surface area contributed by atoms with Crippen LogP contribution >= 0.6 is 0 Å². The third-order valence-electron chi connectivity index (χ3n) is 2.64. The average molecular weight is 194 g/mol. The highest BCUT2D eigenvalue weighted by molar-refractivity contribution is 5.29. The molecule has 2 heteroatoms. The maximum atomic E-state index is 13.4. The van der Waals surface area contributed by atoms with E-state index >= 15 is 0 Å². The summed E-state index contributed by atoms with van der Waals surface area (Å²) in [5.41, 5.74) is 0.647. The van der Waals surface area contributed by atoms with Gasteiger partial charge in [-0.1, -0.05) is 25.0 Å². The number of ether oxygens (including phenoxy) is 1. The zero-order chi connectivity index (χ0) is 9.97. The standard InChI is InChI=1S/C12H15FO/c1-9-3-2-4-11(12(9)13)14-8-7-10-5-6-10/h2-4,10H,5-8H2,1H3. The molecule has 0 atom stereocenters. The second kappa shape index (κ2) is 3.99. The fourth-order valence-electron chi connectivity index (χ4n) is 1.47.